The summed E-state index contributed by atoms with van der Waals surface area (Å²) >= 11 is 0. The zero-order valence-electron chi connectivity index (χ0n) is 24.8. The number of rotatable bonds is 9. The summed E-state index contributed by atoms with van der Waals surface area (Å²) in [6, 6.07) is 17.5. The Kier molecular flexibility index (Phi) is 7.25. The molecule has 8 nitrogen and oxygen atoms in total. The summed E-state index contributed by atoms with van der Waals surface area (Å²) in [6.45, 7) is 1.40. The number of nitriles is 1. The highest BCUT2D eigenvalue weighted by Gasteiger charge is 2.54. The Balaban J connectivity index is 1.17. The highest BCUT2D eigenvalue weighted by molar-refractivity contribution is 5.92. The second-order valence-electron chi connectivity index (χ2n) is 12.2. The summed E-state index contributed by atoms with van der Waals surface area (Å²) < 4.78 is 53.1. The third kappa shape index (κ3) is 5.24. The third-order valence-corrected chi connectivity index (χ3v) is 9.25. The van der Waals surface area contributed by atoms with Crippen LogP contribution in [0.15, 0.2) is 66.7 Å². The van der Waals surface area contributed by atoms with E-state index in [1.807, 2.05) is 10.6 Å². The van der Waals surface area contributed by atoms with Gasteiger partial charge in [-0.3, -0.25) is 4.90 Å². The van der Waals surface area contributed by atoms with Gasteiger partial charge in [0.25, 0.3) is 0 Å². The van der Waals surface area contributed by atoms with Crippen molar-refractivity contribution in [1.82, 2.24) is 19.4 Å². The maximum absolute atomic E-state index is 15.7. The molecule has 2 aromatic heterocycles. The van der Waals surface area contributed by atoms with Crippen LogP contribution < -0.4 is 4.74 Å². The number of likely N-dealkylation sites (N-methyl/N-ethyl adjacent to an activating group) is 1. The summed E-state index contributed by atoms with van der Waals surface area (Å²) in [5.41, 5.74) is 1.86. The van der Waals surface area contributed by atoms with Crippen molar-refractivity contribution in [3.63, 3.8) is 0 Å². The summed E-state index contributed by atoms with van der Waals surface area (Å²) in [5.74, 6) is -1.74. The van der Waals surface area contributed by atoms with Crippen molar-refractivity contribution in [2.45, 2.75) is 38.0 Å². The summed E-state index contributed by atoms with van der Waals surface area (Å²) in [4.78, 5) is 23.1. The predicted octanol–water partition coefficient (Wildman–Crippen LogP) is 6.35. The van der Waals surface area contributed by atoms with Crippen LogP contribution in [0.1, 0.15) is 45.7 Å². The van der Waals surface area contributed by atoms with E-state index in [0.717, 1.165) is 37.6 Å². The number of carboxylic acids is 1. The van der Waals surface area contributed by atoms with Gasteiger partial charge in [-0.2, -0.15) is 5.26 Å². The molecule has 1 aliphatic carbocycles. The van der Waals surface area contributed by atoms with Gasteiger partial charge in [0.2, 0.25) is 5.88 Å². The van der Waals surface area contributed by atoms with E-state index >= 15 is 8.78 Å². The average molecular weight is 624 g/mol. The lowest BCUT2D eigenvalue weighted by molar-refractivity contribution is 0.0697. The molecule has 4 heterocycles. The molecule has 3 fully saturated rings. The molecule has 0 atom stereocenters. The van der Waals surface area contributed by atoms with Crippen molar-refractivity contribution in [2.75, 3.05) is 13.6 Å². The van der Waals surface area contributed by atoms with Crippen LogP contribution in [0.4, 0.5) is 13.2 Å². The Morgan fingerprint density at radius 3 is 2.54 bits per heavy atom. The quantitative estimate of drug-likeness (QED) is 0.204. The van der Waals surface area contributed by atoms with Crippen LogP contribution in [0.3, 0.4) is 0 Å². The molecule has 232 valence electrons. The van der Waals surface area contributed by atoms with Gasteiger partial charge < -0.3 is 14.4 Å². The van der Waals surface area contributed by atoms with Crippen LogP contribution in [0, 0.1) is 34.7 Å². The first kappa shape index (κ1) is 29.5. The number of fused-ring (bicyclic) bond motifs is 2. The van der Waals surface area contributed by atoms with E-state index in [-0.39, 0.29) is 58.0 Å². The SMILES string of the molecule is CN1CC2CC1(Cn1c(Cc3cc(F)c(-c4cccc(OCc5ccc(C#N)cc5F)n4)cc3F)nc3ccc(C(=O)O)cc31)C2. The number of halogens is 3. The van der Waals surface area contributed by atoms with E-state index in [0.29, 0.717) is 29.3 Å². The maximum atomic E-state index is 15.7. The fourth-order valence-electron chi connectivity index (χ4n) is 6.82. The van der Waals surface area contributed by atoms with Crippen LogP contribution in [-0.4, -0.2) is 49.6 Å². The van der Waals surface area contributed by atoms with Crippen LogP contribution in [0.2, 0.25) is 0 Å². The van der Waals surface area contributed by atoms with E-state index in [9.17, 15) is 14.3 Å². The summed E-state index contributed by atoms with van der Waals surface area (Å²) in [5, 5.41) is 18.5. The van der Waals surface area contributed by atoms with Crippen molar-refractivity contribution < 1.29 is 27.8 Å². The van der Waals surface area contributed by atoms with Crippen molar-refractivity contribution in [3.05, 3.63) is 112 Å². The van der Waals surface area contributed by atoms with Crippen LogP contribution in [-0.2, 0) is 19.6 Å². The van der Waals surface area contributed by atoms with Gasteiger partial charge in [-0.15, -0.1) is 0 Å². The van der Waals surface area contributed by atoms with Crippen molar-refractivity contribution in [2.24, 2.45) is 5.92 Å². The zero-order valence-corrected chi connectivity index (χ0v) is 24.8. The van der Waals surface area contributed by atoms with Crippen molar-refractivity contribution in [3.8, 4) is 23.2 Å². The average Bonchev–Trinajstić information content (AvgIpc) is 3.64. The molecule has 3 aromatic carbocycles. The molecule has 1 saturated carbocycles. The van der Waals surface area contributed by atoms with Gasteiger partial charge in [-0.25, -0.2) is 27.9 Å². The molecule has 8 rings (SSSR count). The second-order valence-corrected chi connectivity index (χ2v) is 12.2. The molecule has 3 aliphatic rings. The Morgan fingerprint density at radius 1 is 1.02 bits per heavy atom. The molecule has 1 N–H and O–H groups in total. The number of ether oxygens (including phenoxy) is 1. The summed E-state index contributed by atoms with van der Waals surface area (Å²) in [6.07, 6.45) is 2.05. The molecular weight excluding hydrogens is 595 g/mol. The lowest BCUT2D eigenvalue weighted by Gasteiger charge is -2.42. The number of pyridine rings is 1. The molecule has 46 heavy (non-hydrogen) atoms. The minimum absolute atomic E-state index is 0.00389. The first-order chi connectivity index (χ1) is 22.1. The van der Waals surface area contributed by atoms with Gasteiger partial charge in [0.1, 0.15) is 29.9 Å². The van der Waals surface area contributed by atoms with Gasteiger partial charge >= 0.3 is 5.97 Å². The molecule has 2 saturated heterocycles. The van der Waals surface area contributed by atoms with Gasteiger partial charge in [0.15, 0.2) is 0 Å². The number of hydrogen-bond donors (Lipinski definition) is 1. The molecule has 0 spiro atoms. The Labute approximate surface area is 262 Å². The number of carbonyl (C=O) groups is 1. The number of carboxylic acid groups (broad SMARTS) is 1. The molecule has 11 heteroatoms. The number of aromatic carboxylic acids is 1. The molecule has 5 aromatic rings. The lowest BCUT2D eigenvalue weighted by Crippen LogP contribution is -2.47. The van der Waals surface area contributed by atoms with Gasteiger partial charge in [-0.1, -0.05) is 12.1 Å². The molecular formula is C35H28F3N5O3. The van der Waals surface area contributed by atoms with Gasteiger partial charge in [0, 0.05) is 42.2 Å². The molecule has 0 unspecified atom stereocenters. The smallest absolute Gasteiger partial charge is 0.335 e. The van der Waals surface area contributed by atoms with E-state index in [1.165, 1.54) is 30.3 Å². The maximum Gasteiger partial charge on any atom is 0.335 e. The number of aromatic nitrogens is 3. The van der Waals surface area contributed by atoms with E-state index < -0.39 is 23.4 Å². The van der Waals surface area contributed by atoms with Crippen molar-refractivity contribution in [1.29, 1.82) is 5.26 Å². The lowest BCUT2D eigenvalue weighted by atomic mass is 9.73. The fourth-order valence-corrected chi connectivity index (χ4v) is 6.82. The minimum atomic E-state index is -1.05. The zero-order chi connectivity index (χ0) is 32.2. The Bertz CT molecular complexity index is 2070. The number of imidazole rings is 1. The third-order valence-electron chi connectivity index (χ3n) is 9.25. The van der Waals surface area contributed by atoms with Gasteiger partial charge in [-0.05, 0) is 79.9 Å². The minimum Gasteiger partial charge on any atom is -0.478 e. The van der Waals surface area contributed by atoms with E-state index in [1.54, 1.807) is 18.2 Å². The van der Waals surface area contributed by atoms with Crippen molar-refractivity contribution >= 4 is 17.0 Å². The largest absolute Gasteiger partial charge is 0.478 e. The summed E-state index contributed by atoms with van der Waals surface area (Å²) in [7, 11) is 2.08. The first-order valence-corrected chi connectivity index (χ1v) is 14.8. The molecule has 0 amide bonds. The normalized spacial score (nSPS) is 18.8. The van der Waals surface area contributed by atoms with E-state index in [4.69, 9.17) is 15.0 Å². The highest BCUT2D eigenvalue weighted by Crippen LogP contribution is 2.51. The first-order valence-electron chi connectivity index (χ1n) is 14.8. The molecule has 2 bridgehead atoms. The predicted molar refractivity (Wildman–Crippen MR) is 163 cm³/mol. The standard InChI is InChI=1S/C35H28F3N5O3/c1-42-17-21-14-35(42,15-21)19-43-31-11-22(34(44)45)7-8-30(31)40-32(43)12-24-10-28(38)25(13-27(24)37)29-3-2-4-33(41-29)46-18-23-6-5-20(16-39)9-26(23)36/h2-11,13,21H,12,14-15,17-19H2,1H3,(H,44,45). The van der Waals surface area contributed by atoms with Crippen LogP contribution in [0.25, 0.3) is 22.3 Å². The fraction of sp³-hybridized carbons (Fsp3) is 0.257. The monoisotopic (exact) mass is 623 g/mol. The van der Waals surface area contributed by atoms with Crippen LogP contribution >= 0.6 is 0 Å². The van der Waals surface area contributed by atoms with Crippen LogP contribution in [0.5, 0.6) is 5.88 Å². The number of hydrogen-bond acceptors (Lipinski definition) is 6. The topological polar surface area (TPSA) is 104 Å². The van der Waals surface area contributed by atoms with E-state index in [2.05, 4.69) is 16.9 Å². The Morgan fingerprint density at radius 2 is 1.83 bits per heavy atom. The molecule has 2 aliphatic heterocycles. The molecule has 0 radical (unpaired) electrons. The highest BCUT2D eigenvalue weighted by atomic mass is 19.1. The Hall–Kier alpha value is -5.21. The number of benzene rings is 3. The second kappa shape index (κ2) is 11.3. The number of nitrogens with zero attached hydrogens (tertiary/aromatic N) is 5. The van der Waals surface area contributed by atoms with Gasteiger partial charge in [0.05, 0.1) is 33.9 Å².